The van der Waals surface area contributed by atoms with Crippen LogP contribution < -0.4 is 5.32 Å². The monoisotopic (exact) mass is 335 g/mol. The molecule has 0 aromatic heterocycles. The van der Waals surface area contributed by atoms with Crippen molar-refractivity contribution in [3.63, 3.8) is 0 Å². The van der Waals surface area contributed by atoms with Crippen LogP contribution in [0.25, 0.3) is 0 Å². The molecule has 3 fully saturated rings. The number of amides is 2. The minimum atomic E-state index is 0.219. The molecule has 24 heavy (non-hydrogen) atoms. The Labute approximate surface area is 148 Å². The van der Waals surface area contributed by atoms with E-state index in [1.54, 1.807) is 0 Å². The Morgan fingerprint density at radius 1 is 0.958 bits per heavy atom. The Morgan fingerprint density at radius 2 is 1.67 bits per heavy atom. The highest BCUT2D eigenvalue weighted by atomic mass is 16.2. The standard InChI is InChI=1S/C20H37N3O/c1-16(2)22-13-10-18(11-14-22)21-20(24)23-12-6-9-19(23)15-17-7-4-3-5-8-17/h16-19H,3-15H2,1-2H3,(H,21,24)/t19-/m0/s1. The van der Waals surface area contributed by atoms with Crippen LogP contribution in [-0.2, 0) is 0 Å². The van der Waals surface area contributed by atoms with E-state index in [2.05, 4.69) is 29.0 Å². The summed E-state index contributed by atoms with van der Waals surface area (Å²) < 4.78 is 0. The van der Waals surface area contributed by atoms with Crippen LogP contribution in [0.1, 0.15) is 78.1 Å². The molecule has 3 rings (SSSR count). The lowest BCUT2D eigenvalue weighted by Crippen LogP contribution is -2.51. The van der Waals surface area contributed by atoms with Crippen LogP contribution in [0.3, 0.4) is 0 Å². The summed E-state index contributed by atoms with van der Waals surface area (Å²) in [6, 6.07) is 1.73. The van der Waals surface area contributed by atoms with Gasteiger partial charge in [0.2, 0.25) is 0 Å². The number of rotatable bonds is 4. The molecule has 1 N–H and O–H groups in total. The molecule has 0 unspecified atom stereocenters. The fourth-order valence-corrected chi connectivity index (χ4v) is 4.97. The van der Waals surface area contributed by atoms with Crippen LogP contribution in [0, 0.1) is 5.92 Å². The zero-order chi connectivity index (χ0) is 16.9. The van der Waals surface area contributed by atoms with Crippen LogP contribution in [0.5, 0.6) is 0 Å². The van der Waals surface area contributed by atoms with Crippen LogP contribution in [0.15, 0.2) is 0 Å². The van der Waals surface area contributed by atoms with E-state index >= 15 is 0 Å². The summed E-state index contributed by atoms with van der Waals surface area (Å²) in [5.74, 6) is 0.867. The van der Waals surface area contributed by atoms with Gasteiger partial charge in [-0.05, 0) is 51.9 Å². The molecule has 0 radical (unpaired) electrons. The van der Waals surface area contributed by atoms with Crippen molar-refractivity contribution >= 4 is 6.03 Å². The van der Waals surface area contributed by atoms with Crippen LogP contribution in [0.4, 0.5) is 4.79 Å². The van der Waals surface area contributed by atoms with E-state index in [1.807, 2.05) is 0 Å². The molecule has 1 aliphatic carbocycles. The first-order chi connectivity index (χ1) is 11.6. The number of carbonyl (C=O) groups is 1. The number of hydrogen-bond donors (Lipinski definition) is 1. The lowest BCUT2D eigenvalue weighted by atomic mass is 9.84. The van der Waals surface area contributed by atoms with E-state index < -0.39 is 0 Å². The number of nitrogens with one attached hydrogen (secondary N) is 1. The van der Waals surface area contributed by atoms with Crippen LogP contribution >= 0.6 is 0 Å². The van der Waals surface area contributed by atoms with E-state index in [1.165, 1.54) is 51.4 Å². The molecule has 0 aromatic rings. The maximum absolute atomic E-state index is 12.8. The smallest absolute Gasteiger partial charge is 0.317 e. The average Bonchev–Trinajstić information content (AvgIpc) is 3.04. The minimum absolute atomic E-state index is 0.219. The molecular weight excluding hydrogens is 298 g/mol. The van der Waals surface area contributed by atoms with Gasteiger partial charge in [0.05, 0.1) is 0 Å². The molecule has 138 valence electrons. The molecule has 1 saturated carbocycles. The number of likely N-dealkylation sites (tertiary alicyclic amines) is 2. The molecule has 0 aromatic carbocycles. The fraction of sp³-hybridized carbons (Fsp3) is 0.950. The molecule has 1 atom stereocenters. The molecule has 4 heteroatoms. The van der Waals surface area contributed by atoms with Gasteiger partial charge < -0.3 is 15.1 Å². The van der Waals surface area contributed by atoms with Gasteiger partial charge in [-0.15, -0.1) is 0 Å². The number of piperidine rings is 1. The van der Waals surface area contributed by atoms with Gasteiger partial charge in [0, 0.05) is 37.8 Å². The summed E-state index contributed by atoms with van der Waals surface area (Å²) in [6.07, 6.45) is 12.9. The van der Waals surface area contributed by atoms with Crippen molar-refractivity contribution in [1.82, 2.24) is 15.1 Å². The predicted octanol–water partition coefficient (Wildman–Crippen LogP) is 4.00. The second-order valence-electron chi connectivity index (χ2n) is 8.58. The lowest BCUT2D eigenvalue weighted by molar-refractivity contribution is 0.146. The third-order valence-electron chi connectivity index (χ3n) is 6.56. The third kappa shape index (κ3) is 4.65. The summed E-state index contributed by atoms with van der Waals surface area (Å²) in [6.45, 7) is 7.73. The molecule has 2 aliphatic heterocycles. The van der Waals surface area contributed by atoms with Crippen molar-refractivity contribution in [3.05, 3.63) is 0 Å². The van der Waals surface area contributed by atoms with Gasteiger partial charge in [0.1, 0.15) is 0 Å². The summed E-state index contributed by atoms with van der Waals surface area (Å²) in [4.78, 5) is 17.5. The predicted molar refractivity (Wildman–Crippen MR) is 99.2 cm³/mol. The highest BCUT2D eigenvalue weighted by molar-refractivity contribution is 5.75. The van der Waals surface area contributed by atoms with Crippen molar-refractivity contribution in [1.29, 1.82) is 0 Å². The quantitative estimate of drug-likeness (QED) is 0.843. The SMILES string of the molecule is CC(C)N1CCC(NC(=O)N2CCC[C@H]2CC2CCCCC2)CC1. The first kappa shape index (κ1) is 18.0. The molecule has 4 nitrogen and oxygen atoms in total. The molecule has 0 spiro atoms. The largest absolute Gasteiger partial charge is 0.335 e. The van der Waals surface area contributed by atoms with Crippen LogP contribution in [0.2, 0.25) is 0 Å². The van der Waals surface area contributed by atoms with Crippen LogP contribution in [-0.4, -0.2) is 53.6 Å². The van der Waals surface area contributed by atoms with Gasteiger partial charge in [0.15, 0.2) is 0 Å². The second kappa shape index (κ2) is 8.55. The third-order valence-corrected chi connectivity index (χ3v) is 6.56. The highest BCUT2D eigenvalue weighted by Crippen LogP contribution is 2.32. The van der Waals surface area contributed by atoms with E-state index in [4.69, 9.17) is 0 Å². The fourth-order valence-electron chi connectivity index (χ4n) is 4.97. The van der Waals surface area contributed by atoms with Gasteiger partial charge in [0.25, 0.3) is 0 Å². The average molecular weight is 336 g/mol. The van der Waals surface area contributed by atoms with Crippen molar-refractivity contribution in [2.75, 3.05) is 19.6 Å². The number of urea groups is 1. The molecule has 0 bridgehead atoms. The van der Waals surface area contributed by atoms with E-state index in [0.29, 0.717) is 18.1 Å². The molecule has 2 heterocycles. The summed E-state index contributed by atoms with van der Waals surface area (Å²) in [7, 11) is 0. The Kier molecular flexibility index (Phi) is 6.43. The normalized spacial score (nSPS) is 27.8. The number of carbonyl (C=O) groups excluding carboxylic acids is 1. The number of nitrogens with zero attached hydrogens (tertiary/aromatic N) is 2. The maximum atomic E-state index is 12.8. The second-order valence-corrected chi connectivity index (χ2v) is 8.58. The first-order valence-corrected chi connectivity index (χ1v) is 10.4. The van der Waals surface area contributed by atoms with Crippen molar-refractivity contribution in [3.8, 4) is 0 Å². The zero-order valence-corrected chi connectivity index (χ0v) is 15.8. The Morgan fingerprint density at radius 3 is 2.33 bits per heavy atom. The Balaban J connectivity index is 1.45. The number of hydrogen-bond acceptors (Lipinski definition) is 2. The van der Waals surface area contributed by atoms with Gasteiger partial charge in [-0.1, -0.05) is 32.1 Å². The summed E-state index contributed by atoms with van der Waals surface area (Å²) >= 11 is 0. The van der Waals surface area contributed by atoms with Gasteiger partial charge in [-0.25, -0.2) is 4.79 Å². The lowest BCUT2D eigenvalue weighted by Gasteiger charge is -2.36. The zero-order valence-electron chi connectivity index (χ0n) is 15.8. The van der Waals surface area contributed by atoms with Gasteiger partial charge >= 0.3 is 6.03 Å². The molecule has 3 aliphatic rings. The Bertz CT molecular complexity index is 398. The summed E-state index contributed by atoms with van der Waals surface area (Å²) in [5, 5.41) is 3.35. The Hall–Kier alpha value is -0.770. The topological polar surface area (TPSA) is 35.6 Å². The van der Waals surface area contributed by atoms with Gasteiger partial charge in [-0.3, -0.25) is 0 Å². The maximum Gasteiger partial charge on any atom is 0.317 e. The van der Waals surface area contributed by atoms with Crippen molar-refractivity contribution in [2.24, 2.45) is 5.92 Å². The first-order valence-electron chi connectivity index (χ1n) is 10.4. The molecule has 2 amide bonds. The van der Waals surface area contributed by atoms with E-state index in [0.717, 1.165) is 38.4 Å². The highest BCUT2D eigenvalue weighted by Gasteiger charge is 2.32. The molecular formula is C20H37N3O. The van der Waals surface area contributed by atoms with E-state index in [9.17, 15) is 4.79 Å². The van der Waals surface area contributed by atoms with E-state index in [-0.39, 0.29) is 6.03 Å². The summed E-state index contributed by atoms with van der Waals surface area (Å²) in [5.41, 5.74) is 0. The van der Waals surface area contributed by atoms with Crippen molar-refractivity contribution in [2.45, 2.75) is 96.2 Å². The van der Waals surface area contributed by atoms with Gasteiger partial charge in [-0.2, -0.15) is 0 Å². The minimum Gasteiger partial charge on any atom is -0.335 e. The van der Waals surface area contributed by atoms with Crippen molar-refractivity contribution < 1.29 is 4.79 Å². The molecule has 2 saturated heterocycles.